The molecule has 0 bridgehead atoms. The van der Waals surface area contributed by atoms with Crippen molar-refractivity contribution in [2.45, 2.75) is 20.3 Å². The number of para-hydroxylation sites is 1. The quantitative estimate of drug-likeness (QED) is 0.685. The largest absolute Gasteiger partial charge is 0.504 e. The Hall–Kier alpha value is -2.11. The molecule has 0 heterocycles. The van der Waals surface area contributed by atoms with Crippen molar-refractivity contribution < 1.29 is 5.11 Å². The van der Waals surface area contributed by atoms with Crippen molar-refractivity contribution in [1.29, 1.82) is 0 Å². The van der Waals surface area contributed by atoms with Crippen LogP contribution in [0.25, 0.3) is 0 Å². The highest BCUT2D eigenvalue weighted by Gasteiger charge is 2.46. The Morgan fingerprint density at radius 3 is 1.79 bits per heavy atom. The number of rotatable bonds is 5. The molecule has 1 N–H and O–H groups in total. The normalized spacial score (nSPS) is 11.4. The van der Waals surface area contributed by atoms with Crippen LogP contribution < -0.4 is 15.9 Å². The Morgan fingerprint density at radius 1 is 0.750 bits per heavy atom. The molecule has 0 spiro atoms. The number of phenols is 1. The van der Waals surface area contributed by atoms with Crippen LogP contribution in [0.15, 0.2) is 78.9 Å². The number of phenolic OH excluding ortho intramolecular Hbond substituents is 1. The van der Waals surface area contributed by atoms with E-state index >= 15 is 0 Å². The van der Waals surface area contributed by atoms with Crippen LogP contribution in [-0.4, -0.2) is 11.3 Å². The molecule has 0 saturated heterocycles. The summed E-state index contributed by atoms with van der Waals surface area (Å²) in [6.07, 6.45) is 2.13. The van der Waals surface area contributed by atoms with Gasteiger partial charge in [-0.25, -0.2) is 0 Å². The van der Waals surface area contributed by atoms with Crippen molar-refractivity contribution in [3.8, 4) is 5.75 Å². The third-order valence-electron chi connectivity index (χ3n) is 4.58. The summed E-state index contributed by atoms with van der Waals surface area (Å²) in [4.78, 5) is 0. The van der Waals surface area contributed by atoms with Crippen molar-refractivity contribution in [2.75, 3.05) is 6.16 Å². The van der Waals surface area contributed by atoms with Gasteiger partial charge in [0, 0.05) is 0 Å². The second kappa shape index (κ2) is 7.20. The van der Waals surface area contributed by atoms with E-state index in [1.165, 1.54) is 10.6 Å². The molecule has 122 valence electrons. The molecule has 3 aromatic rings. The van der Waals surface area contributed by atoms with Gasteiger partial charge in [0.1, 0.15) is 23.2 Å². The third kappa shape index (κ3) is 2.85. The lowest BCUT2D eigenvalue weighted by Crippen LogP contribution is -2.33. The van der Waals surface area contributed by atoms with Crippen molar-refractivity contribution in [1.82, 2.24) is 0 Å². The summed E-state index contributed by atoms with van der Waals surface area (Å²) in [5.74, 6) is 0.451. The zero-order valence-electron chi connectivity index (χ0n) is 14.3. The second-order valence-corrected chi connectivity index (χ2v) is 9.73. The van der Waals surface area contributed by atoms with Gasteiger partial charge in [0.2, 0.25) is 0 Å². The SMILES string of the molecule is CCC[P+](c1ccccc1)(c1ccccc1)c1cccc(C)c1O. The maximum Gasteiger partial charge on any atom is 0.161 e. The second-order valence-electron chi connectivity index (χ2n) is 6.15. The van der Waals surface area contributed by atoms with Gasteiger partial charge in [0.15, 0.2) is 5.75 Å². The molecule has 3 aromatic carbocycles. The topological polar surface area (TPSA) is 20.2 Å². The molecule has 24 heavy (non-hydrogen) atoms. The van der Waals surface area contributed by atoms with Crippen LogP contribution in [0.3, 0.4) is 0 Å². The Labute approximate surface area is 145 Å². The highest BCUT2D eigenvalue weighted by molar-refractivity contribution is 7.95. The summed E-state index contributed by atoms with van der Waals surface area (Å²) >= 11 is 0. The van der Waals surface area contributed by atoms with E-state index in [9.17, 15) is 5.11 Å². The van der Waals surface area contributed by atoms with E-state index in [1.807, 2.05) is 13.0 Å². The van der Waals surface area contributed by atoms with Crippen LogP contribution in [0, 0.1) is 6.92 Å². The lowest BCUT2D eigenvalue weighted by molar-refractivity contribution is 0.475. The number of hydrogen-bond donors (Lipinski definition) is 1. The maximum absolute atomic E-state index is 10.9. The number of aromatic hydroxyl groups is 1. The fourth-order valence-corrected chi connectivity index (χ4v) is 7.98. The Morgan fingerprint density at radius 2 is 1.29 bits per heavy atom. The summed E-state index contributed by atoms with van der Waals surface area (Å²) in [6.45, 7) is 4.21. The molecule has 0 atom stereocenters. The van der Waals surface area contributed by atoms with Gasteiger partial charge in [-0.05, 0) is 49.2 Å². The first-order chi connectivity index (χ1) is 11.7. The average Bonchev–Trinajstić information content (AvgIpc) is 2.64. The number of hydrogen-bond acceptors (Lipinski definition) is 1. The predicted octanol–water partition coefficient (Wildman–Crippen LogP) is 4.40. The number of benzene rings is 3. The van der Waals surface area contributed by atoms with Crippen LogP contribution in [0.1, 0.15) is 18.9 Å². The van der Waals surface area contributed by atoms with Crippen molar-refractivity contribution in [3.05, 3.63) is 84.4 Å². The smallest absolute Gasteiger partial charge is 0.161 e. The molecule has 0 aromatic heterocycles. The fraction of sp³-hybridized carbons (Fsp3) is 0.182. The van der Waals surface area contributed by atoms with Crippen LogP contribution in [0.2, 0.25) is 0 Å². The van der Waals surface area contributed by atoms with Gasteiger partial charge >= 0.3 is 0 Å². The average molecular weight is 335 g/mol. The van der Waals surface area contributed by atoms with Crippen LogP contribution >= 0.6 is 7.26 Å². The molecule has 0 amide bonds. The van der Waals surface area contributed by atoms with E-state index in [0.717, 1.165) is 23.5 Å². The Balaban J connectivity index is 2.37. The first-order valence-corrected chi connectivity index (χ1v) is 10.5. The summed E-state index contributed by atoms with van der Waals surface area (Å²) in [5.41, 5.74) is 0.944. The summed E-state index contributed by atoms with van der Waals surface area (Å²) in [6, 6.07) is 27.6. The molecule has 1 nitrogen and oxygen atoms in total. The van der Waals surface area contributed by atoms with Crippen molar-refractivity contribution in [3.63, 3.8) is 0 Å². The zero-order chi connectivity index (χ0) is 17.0. The minimum absolute atomic E-state index is 0.451. The minimum Gasteiger partial charge on any atom is -0.504 e. The zero-order valence-corrected chi connectivity index (χ0v) is 15.2. The van der Waals surface area contributed by atoms with Gasteiger partial charge in [-0.3, -0.25) is 0 Å². The molecular weight excluding hydrogens is 311 g/mol. The van der Waals surface area contributed by atoms with Gasteiger partial charge < -0.3 is 5.11 Å². The van der Waals surface area contributed by atoms with Gasteiger partial charge in [-0.2, -0.15) is 0 Å². The van der Waals surface area contributed by atoms with Crippen LogP contribution in [0.5, 0.6) is 5.75 Å². The van der Waals surface area contributed by atoms with E-state index in [0.29, 0.717) is 5.75 Å². The van der Waals surface area contributed by atoms with E-state index in [1.54, 1.807) is 0 Å². The van der Waals surface area contributed by atoms with Gasteiger partial charge in [-0.1, -0.05) is 55.5 Å². The fourth-order valence-electron chi connectivity index (χ4n) is 3.46. The first-order valence-electron chi connectivity index (χ1n) is 8.48. The third-order valence-corrected chi connectivity index (χ3v) is 9.24. The van der Waals surface area contributed by atoms with E-state index in [4.69, 9.17) is 0 Å². The molecule has 0 unspecified atom stereocenters. The lowest BCUT2D eigenvalue weighted by Gasteiger charge is -2.28. The molecule has 0 fully saturated rings. The highest BCUT2D eigenvalue weighted by atomic mass is 31.2. The van der Waals surface area contributed by atoms with Gasteiger partial charge in [-0.15, -0.1) is 0 Å². The standard InChI is InChI=1S/C22H23OP/c1-3-17-24(19-12-6-4-7-13-19,20-14-8-5-9-15-20)21-16-10-11-18(2)22(21)23/h4-16H,3,17H2,1-2H3/p+1. The van der Waals surface area contributed by atoms with E-state index in [2.05, 4.69) is 79.7 Å². The molecule has 2 heteroatoms. The lowest BCUT2D eigenvalue weighted by atomic mass is 10.2. The minimum atomic E-state index is -1.87. The Kier molecular flexibility index (Phi) is 5.02. The molecule has 3 rings (SSSR count). The van der Waals surface area contributed by atoms with Gasteiger partial charge in [0.05, 0.1) is 6.16 Å². The molecule has 0 radical (unpaired) electrons. The first kappa shape index (κ1) is 16.7. The van der Waals surface area contributed by atoms with E-state index in [-0.39, 0.29) is 0 Å². The number of aryl methyl sites for hydroxylation is 1. The molecule has 0 aliphatic carbocycles. The highest BCUT2D eigenvalue weighted by Crippen LogP contribution is 2.57. The maximum atomic E-state index is 10.9. The molecule has 0 aliphatic rings. The Bertz CT molecular complexity index is 757. The summed E-state index contributed by atoms with van der Waals surface area (Å²) in [7, 11) is -1.87. The van der Waals surface area contributed by atoms with Crippen molar-refractivity contribution >= 4 is 23.2 Å². The van der Waals surface area contributed by atoms with Crippen LogP contribution in [-0.2, 0) is 0 Å². The molecule has 0 saturated carbocycles. The van der Waals surface area contributed by atoms with Crippen LogP contribution in [0.4, 0.5) is 0 Å². The molecular formula is C22H24OP+. The summed E-state index contributed by atoms with van der Waals surface area (Å²) in [5, 5.41) is 14.7. The van der Waals surface area contributed by atoms with E-state index < -0.39 is 7.26 Å². The van der Waals surface area contributed by atoms with Crippen molar-refractivity contribution in [2.24, 2.45) is 0 Å². The molecule has 0 aliphatic heterocycles. The van der Waals surface area contributed by atoms with Gasteiger partial charge in [0.25, 0.3) is 0 Å². The predicted molar refractivity (Wildman–Crippen MR) is 107 cm³/mol. The monoisotopic (exact) mass is 335 g/mol. The summed E-state index contributed by atoms with van der Waals surface area (Å²) < 4.78 is 0.